The second kappa shape index (κ2) is 6.37. The average Bonchev–Trinajstić information content (AvgIpc) is 2.36. The van der Waals surface area contributed by atoms with Crippen LogP contribution in [0.25, 0.3) is 0 Å². The summed E-state index contributed by atoms with van der Waals surface area (Å²) < 4.78 is 0. The lowest BCUT2D eigenvalue weighted by Crippen LogP contribution is -2.13. The lowest BCUT2D eigenvalue weighted by molar-refractivity contribution is 0.102. The molecule has 1 amide bonds. The van der Waals surface area contributed by atoms with E-state index in [9.17, 15) is 4.79 Å². The van der Waals surface area contributed by atoms with Crippen LogP contribution in [-0.4, -0.2) is 10.9 Å². The molecule has 0 spiro atoms. The molecule has 3 nitrogen and oxygen atoms in total. The van der Waals surface area contributed by atoms with Gasteiger partial charge in [-0.3, -0.25) is 4.79 Å². The van der Waals surface area contributed by atoms with Crippen molar-refractivity contribution in [2.45, 2.75) is 0 Å². The Balaban J connectivity index is 2.30. The Morgan fingerprint density at radius 1 is 0.950 bits per heavy atom. The predicted molar refractivity (Wildman–Crippen MR) is 83.7 cm³/mol. The Morgan fingerprint density at radius 3 is 2.10 bits per heavy atom. The molecule has 104 valence electrons. The van der Waals surface area contributed by atoms with E-state index in [4.69, 9.17) is 58.0 Å². The molecule has 0 aliphatic rings. The Kier molecular flexibility index (Phi) is 4.99. The van der Waals surface area contributed by atoms with Crippen molar-refractivity contribution < 1.29 is 4.79 Å². The first-order valence-electron chi connectivity index (χ1n) is 5.15. The summed E-state index contributed by atoms with van der Waals surface area (Å²) in [6.07, 6.45) is 1.29. The number of nitrogens with zero attached hydrogens (tertiary/aromatic N) is 1. The lowest BCUT2D eigenvalue weighted by Gasteiger charge is -2.10. The maximum absolute atomic E-state index is 12.1. The zero-order chi connectivity index (χ0) is 14.9. The van der Waals surface area contributed by atoms with E-state index in [1.165, 1.54) is 24.4 Å². The van der Waals surface area contributed by atoms with Gasteiger partial charge in [-0.25, -0.2) is 4.98 Å². The van der Waals surface area contributed by atoms with Crippen LogP contribution in [0.1, 0.15) is 10.4 Å². The van der Waals surface area contributed by atoms with E-state index in [0.29, 0.717) is 5.02 Å². The number of hydrogen-bond acceptors (Lipinski definition) is 2. The van der Waals surface area contributed by atoms with Crippen molar-refractivity contribution in [3.8, 4) is 0 Å². The molecule has 2 rings (SSSR count). The molecule has 0 radical (unpaired) electrons. The monoisotopic (exact) mass is 368 g/mol. The summed E-state index contributed by atoms with van der Waals surface area (Å²) in [6.45, 7) is 0. The van der Waals surface area contributed by atoms with Gasteiger partial charge in [0.25, 0.3) is 5.91 Å². The fourth-order valence-electron chi connectivity index (χ4n) is 1.39. The SMILES string of the molecule is O=C(Nc1c(Cl)cc(Cl)cc1Cl)c1cnc(Cl)c(Cl)c1. The topological polar surface area (TPSA) is 42.0 Å². The summed E-state index contributed by atoms with van der Waals surface area (Å²) in [5, 5.41) is 3.68. The molecule has 20 heavy (non-hydrogen) atoms. The molecule has 1 N–H and O–H groups in total. The Labute approximate surface area is 139 Å². The van der Waals surface area contributed by atoms with Crippen molar-refractivity contribution in [3.05, 3.63) is 55.2 Å². The third kappa shape index (κ3) is 3.48. The lowest BCUT2D eigenvalue weighted by atomic mass is 10.2. The first-order valence-corrected chi connectivity index (χ1v) is 7.04. The molecular formula is C12H5Cl5N2O. The van der Waals surface area contributed by atoms with Crippen molar-refractivity contribution in [2.75, 3.05) is 5.32 Å². The summed E-state index contributed by atoms with van der Waals surface area (Å²) in [5.41, 5.74) is 0.482. The Hall–Kier alpha value is -0.710. The van der Waals surface area contributed by atoms with Crippen molar-refractivity contribution >= 4 is 69.6 Å². The van der Waals surface area contributed by atoms with Crippen LogP contribution in [0.4, 0.5) is 5.69 Å². The molecular weight excluding hydrogens is 365 g/mol. The van der Waals surface area contributed by atoms with Gasteiger partial charge < -0.3 is 5.32 Å². The zero-order valence-electron chi connectivity index (χ0n) is 9.55. The molecule has 0 aliphatic carbocycles. The van der Waals surface area contributed by atoms with E-state index in [2.05, 4.69) is 10.3 Å². The van der Waals surface area contributed by atoms with Crippen LogP contribution in [0.5, 0.6) is 0 Å². The predicted octanol–water partition coefficient (Wildman–Crippen LogP) is 5.60. The third-order valence-electron chi connectivity index (χ3n) is 2.30. The number of benzene rings is 1. The number of nitrogens with one attached hydrogen (secondary N) is 1. The summed E-state index contributed by atoms with van der Waals surface area (Å²) in [4.78, 5) is 15.8. The summed E-state index contributed by atoms with van der Waals surface area (Å²) >= 11 is 29.2. The van der Waals surface area contributed by atoms with Crippen molar-refractivity contribution in [1.29, 1.82) is 0 Å². The highest BCUT2D eigenvalue weighted by Gasteiger charge is 2.14. The number of carbonyl (C=O) groups excluding carboxylic acids is 1. The molecule has 0 unspecified atom stereocenters. The molecule has 8 heteroatoms. The number of halogens is 5. The number of amides is 1. The van der Waals surface area contributed by atoms with E-state index in [0.717, 1.165) is 0 Å². The Bertz CT molecular complexity index is 667. The fraction of sp³-hybridized carbons (Fsp3) is 0. The van der Waals surface area contributed by atoms with Gasteiger partial charge >= 0.3 is 0 Å². The van der Waals surface area contributed by atoms with E-state index in [1.807, 2.05) is 0 Å². The standard InChI is InChI=1S/C12H5Cl5N2O/c13-6-2-7(14)10(8(15)3-6)19-12(20)5-1-9(16)11(17)18-4-5/h1-4H,(H,19,20). The van der Waals surface area contributed by atoms with Crippen molar-refractivity contribution in [3.63, 3.8) is 0 Å². The van der Waals surface area contributed by atoms with E-state index >= 15 is 0 Å². The van der Waals surface area contributed by atoms with Crippen LogP contribution in [-0.2, 0) is 0 Å². The maximum Gasteiger partial charge on any atom is 0.257 e. The van der Waals surface area contributed by atoms with Gasteiger partial charge in [-0.15, -0.1) is 0 Å². The summed E-state index contributed by atoms with van der Waals surface area (Å²) in [7, 11) is 0. The normalized spacial score (nSPS) is 10.4. The maximum atomic E-state index is 12.1. The second-order valence-corrected chi connectivity index (χ2v) is 5.71. The highest BCUT2D eigenvalue weighted by atomic mass is 35.5. The number of aromatic nitrogens is 1. The molecule has 0 bridgehead atoms. The molecule has 0 saturated heterocycles. The van der Waals surface area contributed by atoms with Crippen molar-refractivity contribution in [2.24, 2.45) is 0 Å². The largest absolute Gasteiger partial charge is 0.319 e. The Morgan fingerprint density at radius 2 is 1.55 bits per heavy atom. The fourth-order valence-corrected chi connectivity index (χ4v) is 2.57. The van der Waals surface area contributed by atoms with E-state index < -0.39 is 5.91 Å². The first-order chi connectivity index (χ1) is 9.38. The van der Waals surface area contributed by atoms with Gasteiger partial charge in [0, 0.05) is 11.2 Å². The molecule has 0 saturated carbocycles. The highest BCUT2D eigenvalue weighted by molar-refractivity contribution is 6.43. The molecule has 0 atom stereocenters. The zero-order valence-corrected chi connectivity index (χ0v) is 13.3. The molecule has 1 heterocycles. The highest BCUT2D eigenvalue weighted by Crippen LogP contribution is 2.34. The molecule has 0 aliphatic heterocycles. The minimum absolute atomic E-state index is 0.116. The van der Waals surface area contributed by atoms with Crippen LogP contribution < -0.4 is 5.32 Å². The van der Waals surface area contributed by atoms with Crippen LogP contribution in [0.2, 0.25) is 25.2 Å². The number of pyridine rings is 1. The van der Waals surface area contributed by atoms with Gasteiger partial charge in [0.1, 0.15) is 5.15 Å². The molecule has 1 aromatic carbocycles. The number of hydrogen-bond donors (Lipinski definition) is 1. The molecule has 0 fully saturated rings. The molecule has 1 aromatic heterocycles. The van der Waals surface area contributed by atoms with Crippen LogP contribution in [0.3, 0.4) is 0 Å². The first kappa shape index (κ1) is 15.7. The number of rotatable bonds is 2. The van der Waals surface area contributed by atoms with Gasteiger partial charge in [0.2, 0.25) is 0 Å². The van der Waals surface area contributed by atoms with Gasteiger partial charge in [0.15, 0.2) is 0 Å². The van der Waals surface area contributed by atoms with Crippen LogP contribution in [0.15, 0.2) is 24.4 Å². The van der Waals surface area contributed by atoms with Crippen LogP contribution in [0, 0.1) is 0 Å². The molecule has 2 aromatic rings. The van der Waals surface area contributed by atoms with Gasteiger partial charge in [-0.2, -0.15) is 0 Å². The van der Waals surface area contributed by atoms with Crippen LogP contribution >= 0.6 is 58.0 Å². The van der Waals surface area contributed by atoms with E-state index in [-0.39, 0.29) is 31.5 Å². The minimum atomic E-state index is -0.470. The van der Waals surface area contributed by atoms with Gasteiger partial charge in [0.05, 0.1) is 26.3 Å². The van der Waals surface area contributed by atoms with Gasteiger partial charge in [-0.1, -0.05) is 58.0 Å². The summed E-state index contributed by atoms with van der Waals surface area (Å²) in [5.74, 6) is -0.470. The number of anilines is 1. The van der Waals surface area contributed by atoms with Gasteiger partial charge in [-0.05, 0) is 18.2 Å². The van der Waals surface area contributed by atoms with E-state index in [1.54, 1.807) is 0 Å². The van der Waals surface area contributed by atoms with Crippen molar-refractivity contribution in [1.82, 2.24) is 4.98 Å². The summed E-state index contributed by atoms with van der Waals surface area (Å²) in [6, 6.07) is 4.33. The quantitative estimate of drug-likeness (QED) is 0.699. The average molecular weight is 370 g/mol. The third-order valence-corrected chi connectivity index (χ3v) is 3.80. The minimum Gasteiger partial charge on any atom is -0.319 e. The second-order valence-electron chi connectivity index (χ2n) is 3.70. The smallest absolute Gasteiger partial charge is 0.257 e. The number of carbonyl (C=O) groups is 1.